The van der Waals surface area contributed by atoms with Crippen LogP contribution in [0.15, 0.2) is 59.0 Å². The van der Waals surface area contributed by atoms with Crippen molar-refractivity contribution in [3.63, 3.8) is 0 Å². The molecule has 2 atom stereocenters. The number of nitrogens with zero attached hydrogens (tertiary/aromatic N) is 2. The highest BCUT2D eigenvalue weighted by Gasteiger charge is 2.47. The highest BCUT2D eigenvalue weighted by Crippen LogP contribution is 2.54. The molecule has 10 heteroatoms. The average molecular weight is 507 g/mol. The number of aromatic nitrogens is 1. The van der Waals surface area contributed by atoms with Gasteiger partial charge in [0.15, 0.2) is 6.79 Å². The Morgan fingerprint density at radius 2 is 2.05 bits per heavy atom. The van der Waals surface area contributed by atoms with E-state index >= 15 is 8.78 Å². The van der Waals surface area contributed by atoms with Crippen LogP contribution in [0.25, 0.3) is 11.4 Å². The Morgan fingerprint density at radius 3 is 3.00 bits per heavy atom. The smallest absolute Gasteiger partial charge is 0.223 e. The molecule has 0 spiro atoms. The Hall–Kier alpha value is -3.73. The van der Waals surface area contributed by atoms with Crippen molar-refractivity contribution in [2.75, 3.05) is 32.1 Å². The Bertz CT molecular complexity index is 1440. The van der Waals surface area contributed by atoms with Crippen molar-refractivity contribution in [2.45, 2.75) is 25.1 Å². The third kappa shape index (κ3) is 3.71. The molecule has 4 aliphatic rings. The fourth-order valence-electron chi connectivity index (χ4n) is 5.67. The van der Waals surface area contributed by atoms with E-state index in [9.17, 15) is 0 Å². The maximum atomic E-state index is 15.5. The molecule has 0 fully saturated rings. The summed E-state index contributed by atoms with van der Waals surface area (Å²) >= 11 is 0. The highest BCUT2D eigenvalue weighted by molar-refractivity contribution is 5.83. The number of furan rings is 1. The standard InChI is InChI=1S/C27H24F2N4O4/c28-19-7-21-16(10-34-13-30-12-32-21)6-15(19)9-33-22-8-20(29)17-3-5-36-26(17)25(22)24-18-2-1-4-31-27(18)37-14-35-11-23(24)33/h1-8,22,25,30,32H,9-14H2. The number of hydrogen-bond donors (Lipinski definition) is 2. The Morgan fingerprint density at radius 1 is 1.11 bits per heavy atom. The van der Waals surface area contributed by atoms with Gasteiger partial charge in [-0.15, -0.1) is 0 Å². The van der Waals surface area contributed by atoms with E-state index < -0.39 is 6.04 Å². The number of fused-ring (bicyclic) bond motifs is 7. The van der Waals surface area contributed by atoms with Crippen molar-refractivity contribution in [3.05, 3.63) is 88.4 Å². The molecule has 3 aliphatic heterocycles. The summed E-state index contributed by atoms with van der Waals surface area (Å²) in [4.78, 5) is 6.42. The van der Waals surface area contributed by atoms with Gasteiger partial charge in [0, 0.05) is 40.8 Å². The van der Waals surface area contributed by atoms with Crippen LogP contribution in [-0.4, -0.2) is 42.7 Å². The predicted octanol–water partition coefficient (Wildman–Crippen LogP) is 4.33. The van der Waals surface area contributed by atoms with Crippen LogP contribution in [-0.2, 0) is 22.6 Å². The van der Waals surface area contributed by atoms with Crippen LogP contribution >= 0.6 is 0 Å². The predicted molar refractivity (Wildman–Crippen MR) is 130 cm³/mol. The molecule has 5 heterocycles. The number of hydrogen-bond acceptors (Lipinski definition) is 8. The maximum absolute atomic E-state index is 15.5. The van der Waals surface area contributed by atoms with Crippen LogP contribution in [0.3, 0.4) is 0 Å². The molecule has 2 N–H and O–H groups in total. The topological polar surface area (TPSA) is 81.0 Å². The largest absolute Gasteiger partial charge is 0.468 e. The van der Waals surface area contributed by atoms with E-state index in [-0.39, 0.29) is 37.5 Å². The molecule has 2 unspecified atom stereocenters. The molecule has 190 valence electrons. The molecule has 3 aromatic rings. The van der Waals surface area contributed by atoms with Gasteiger partial charge in [0.05, 0.1) is 50.4 Å². The van der Waals surface area contributed by atoms with Crippen molar-refractivity contribution in [1.82, 2.24) is 15.2 Å². The number of benzene rings is 1. The van der Waals surface area contributed by atoms with E-state index in [4.69, 9.17) is 18.6 Å². The van der Waals surface area contributed by atoms with Crippen molar-refractivity contribution in [1.29, 1.82) is 0 Å². The molecule has 0 amide bonds. The summed E-state index contributed by atoms with van der Waals surface area (Å²) in [6, 6.07) is 8.28. The molecular formula is C27H24F2N4O4. The van der Waals surface area contributed by atoms with Gasteiger partial charge in [-0.25, -0.2) is 13.8 Å². The van der Waals surface area contributed by atoms with E-state index in [2.05, 4.69) is 15.6 Å². The first-order chi connectivity index (χ1) is 18.2. The molecule has 37 heavy (non-hydrogen) atoms. The lowest BCUT2D eigenvalue weighted by atomic mass is 9.82. The van der Waals surface area contributed by atoms with Gasteiger partial charge in [0.1, 0.15) is 17.4 Å². The van der Waals surface area contributed by atoms with Gasteiger partial charge in [0.25, 0.3) is 0 Å². The quantitative estimate of drug-likeness (QED) is 0.532. The third-order valence-corrected chi connectivity index (χ3v) is 7.28. The minimum Gasteiger partial charge on any atom is -0.468 e. The molecule has 0 saturated heterocycles. The van der Waals surface area contributed by atoms with Crippen LogP contribution < -0.4 is 15.4 Å². The molecule has 1 aromatic carbocycles. The second-order valence-electron chi connectivity index (χ2n) is 9.33. The molecule has 0 saturated carbocycles. The molecule has 2 aromatic heterocycles. The van der Waals surface area contributed by atoms with Crippen LogP contribution in [0.4, 0.5) is 14.5 Å². The fourth-order valence-corrected chi connectivity index (χ4v) is 5.67. The van der Waals surface area contributed by atoms with Crippen LogP contribution in [0, 0.1) is 5.82 Å². The summed E-state index contributed by atoms with van der Waals surface area (Å²) in [6.07, 6.45) is 4.74. The lowest BCUT2D eigenvalue weighted by molar-refractivity contribution is 0.0148. The van der Waals surface area contributed by atoms with Gasteiger partial charge in [-0.2, -0.15) is 0 Å². The minimum atomic E-state index is -0.446. The van der Waals surface area contributed by atoms with Gasteiger partial charge >= 0.3 is 0 Å². The lowest BCUT2D eigenvalue weighted by Crippen LogP contribution is -2.34. The van der Waals surface area contributed by atoms with Gasteiger partial charge in [0.2, 0.25) is 5.88 Å². The van der Waals surface area contributed by atoms with Gasteiger partial charge in [-0.3, -0.25) is 5.32 Å². The number of anilines is 1. The molecule has 7 rings (SSSR count). The molecule has 0 radical (unpaired) electrons. The minimum absolute atomic E-state index is 0.0183. The molecule has 1 aliphatic carbocycles. The monoisotopic (exact) mass is 506 g/mol. The van der Waals surface area contributed by atoms with E-state index in [1.54, 1.807) is 18.3 Å². The zero-order valence-corrected chi connectivity index (χ0v) is 19.8. The number of pyridine rings is 1. The van der Waals surface area contributed by atoms with Gasteiger partial charge in [-0.05, 0) is 42.0 Å². The number of nitrogens with one attached hydrogen (secondary N) is 2. The zero-order valence-electron chi connectivity index (χ0n) is 19.8. The van der Waals surface area contributed by atoms with Crippen molar-refractivity contribution in [3.8, 4) is 5.88 Å². The Kier molecular flexibility index (Phi) is 5.45. The zero-order chi connectivity index (χ0) is 24.9. The van der Waals surface area contributed by atoms with E-state index in [0.29, 0.717) is 48.5 Å². The Balaban J connectivity index is 1.37. The van der Waals surface area contributed by atoms with Gasteiger partial charge in [-0.1, -0.05) is 0 Å². The molecule has 0 bridgehead atoms. The van der Waals surface area contributed by atoms with Crippen LogP contribution in [0.2, 0.25) is 0 Å². The summed E-state index contributed by atoms with van der Waals surface area (Å²) in [5.41, 5.74) is 4.95. The number of halogens is 2. The summed E-state index contributed by atoms with van der Waals surface area (Å²) < 4.78 is 53.8. The normalized spacial score (nSPS) is 22.5. The summed E-state index contributed by atoms with van der Waals surface area (Å²) in [5, 5.41) is 6.25. The molecular weight excluding hydrogens is 482 g/mol. The summed E-state index contributed by atoms with van der Waals surface area (Å²) in [6.45, 7) is 1.65. The van der Waals surface area contributed by atoms with Crippen LogP contribution in [0.5, 0.6) is 5.88 Å². The first-order valence-corrected chi connectivity index (χ1v) is 12.1. The SMILES string of the molecule is FC1=CC2C(C3=C(COCOc4ncccc43)N2Cc2cc3c(cc2F)NCNCOC3)c2occc21. The Labute approximate surface area is 211 Å². The molecule has 8 nitrogen and oxygen atoms in total. The highest BCUT2D eigenvalue weighted by atomic mass is 19.1. The number of ether oxygens (including phenoxy) is 3. The second-order valence-corrected chi connectivity index (χ2v) is 9.33. The third-order valence-electron chi connectivity index (χ3n) is 7.28. The van der Waals surface area contributed by atoms with Crippen molar-refractivity contribution < 1.29 is 27.4 Å². The van der Waals surface area contributed by atoms with Crippen molar-refractivity contribution >= 4 is 17.1 Å². The van der Waals surface area contributed by atoms with E-state index in [1.807, 2.05) is 23.1 Å². The van der Waals surface area contributed by atoms with E-state index in [0.717, 1.165) is 22.4 Å². The second kappa shape index (κ2) is 8.98. The first-order valence-electron chi connectivity index (χ1n) is 12.1. The lowest BCUT2D eigenvalue weighted by Gasteiger charge is -2.32. The van der Waals surface area contributed by atoms with E-state index in [1.165, 1.54) is 12.3 Å². The average Bonchev–Trinajstić information content (AvgIpc) is 3.47. The van der Waals surface area contributed by atoms with Crippen LogP contribution in [0.1, 0.15) is 33.9 Å². The summed E-state index contributed by atoms with van der Waals surface area (Å²) in [7, 11) is 0. The fraction of sp³-hybridized carbons (Fsp3) is 0.296. The number of rotatable bonds is 2. The van der Waals surface area contributed by atoms with Crippen molar-refractivity contribution in [2.24, 2.45) is 0 Å². The first kappa shape index (κ1) is 22.5. The summed E-state index contributed by atoms with van der Waals surface area (Å²) in [5.74, 6) is -0.0933. The van der Waals surface area contributed by atoms with Gasteiger partial charge < -0.3 is 28.8 Å². The maximum Gasteiger partial charge on any atom is 0.223 e.